The number of hydrogen-bond acceptors (Lipinski definition) is 6. The van der Waals surface area contributed by atoms with E-state index in [2.05, 4.69) is 15.2 Å². The quantitative estimate of drug-likeness (QED) is 0.790. The van der Waals surface area contributed by atoms with E-state index in [1.807, 2.05) is 0 Å². The largest absolute Gasteiger partial charge is 0.286 e. The first-order valence-electron chi connectivity index (χ1n) is 5.08. The molecule has 0 spiro atoms. The Balaban J connectivity index is 2.47. The summed E-state index contributed by atoms with van der Waals surface area (Å²) in [5.74, 6) is 0.382. The van der Waals surface area contributed by atoms with Crippen LogP contribution in [0.5, 0.6) is 0 Å². The molecule has 1 aliphatic heterocycles. The average molecular weight is 232 g/mol. The molecule has 2 rings (SSSR count). The monoisotopic (exact) mass is 232 g/mol. The van der Waals surface area contributed by atoms with Crippen LogP contribution in [0.4, 0.5) is 0 Å². The van der Waals surface area contributed by atoms with Gasteiger partial charge in [0.05, 0.1) is 11.9 Å². The van der Waals surface area contributed by atoms with Crippen LogP contribution in [0.25, 0.3) is 0 Å². The topological polar surface area (TPSA) is 78.2 Å². The molecule has 0 saturated carbocycles. The zero-order chi connectivity index (χ0) is 12.5. The lowest BCUT2D eigenvalue weighted by Crippen LogP contribution is -2.41. The number of nitroso groups, excluding NO2 is 1. The van der Waals surface area contributed by atoms with Crippen LogP contribution in [0.3, 0.4) is 0 Å². The van der Waals surface area contributed by atoms with Gasteiger partial charge >= 0.3 is 0 Å². The van der Waals surface area contributed by atoms with Crippen LogP contribution in [0.15, 0.2) is 46.6 Å². The SMILES string of the molecule is CC1(C)/C(=C\N=O)N=C(c2ccncc2)N1O. The van der Waals surface area contributed by atoms with Crippen molar-refractivity contribution >= 4 is 5.84 Å². The Kier molecular flexibility index (Phi) is 2.72. The molecule has 1 aromatic rings. The molecule has 17 heavy (non-hydrogen) atoms. The van der Waals surface area contributed by atoms with Crippen molar-refractivity contribution < 1.29 is 5.21 Å². The van der Waals surface area contributed by atoms with Gasteiger partial charge in [0.15, 0.2) is 5.84 Å². The summed E-state index contributed by atoms with van der Waals surface area (Å²) in [7, 11) is 0. The molecule has 0 aromatic carbocycles. The number of rotatable bonds is 2. The van der Waals surface area contributed by atoms with Crippen molar-refractivity contribution in [1.82, 2.24) is 10.0 Å². The van der Waals surface area contributed by atoms with Gasteiger partial charge in [-0.1, -0.05) is 0 Å². The van der Waals surface area contributed by atoms with E-state index < -0.39 is 5.54 Å². The average Bonchev–Trinajstić information content (AvgIpc) is 2.55. The molecule has 2 heterocycles. The van der Waals surface area contributed by atoms with Crippen molar-refractivity contribution in [3.8, 4) is 0 Å². The Hall–Kier alpha value is -2.08. The van der Waals surface area contributed by atoms with E-state index in [-0.39, 0.29) is 0 Å². The number of hydrogen-bond donors (Lipinski definition) is 1. The van der Waals surface area contributed by atoms with Gasteiger partial charge in [-0.2, -0.15) is 0 Å². The Morgan fingerprint density at radius 2 is 2.06 bits per heavy atom. The first-order valence-corrected chi connectivity index (χ1v) is 5.08. The Morgan fingerprint density at radius 1 is 1.41 bits per heavy atom. The summed E-state index contributed by atoms with van der Waals surface area (Å²) < 4.78 is 0. The number of amidine groups is 1. The van der Waals surface area contributed by atoms with Crippen LogP contribution in [-0.2, 0) is 0 Å². The second kappa shape index (κ2) is 4.06. The van der Waals surface area contributed by atoms with Gasteiger partial charge in [-0.05, 0) is 31.2 Å². The molecule has 0 amide bonds. The van der Waals surface area contributed by atoms with E-state index in [0.717, 1.165) is 16.8 Å². The lowest BCUT2D eigenvalue weighted by Gasteiger charge is -2.27. The molecule has 1 aromatic heterocycles. The van der Waals surface area contributed by atoms with Crippen molar-refractivity contribution in [1.29, 1.82) is 0 Å². The number of aromatic nitrogens is 1. The van der Waals surface area contributed by atoms with E-state index in [4.69, 9.17) is 0 Å². The van der Waals surface area contributed by atoms with E-state index in [9.17, 15) is 10.1 Å². The normalized spacial score (nSPS) is 20.5. The first kappa shape index (κ1) is 11.4. The second-order valence-corrected chi connectivity index (χ2v) is 4.16. The van der Waals surface area contributed by atoms with E-state index in [1.54, 1.807) is 38.4 Å². The molecule has 1 N–H and O–H groups in total. The smallest absolute Gasteiger partial charge is 0.161 e. The highest BCUT2D eigenvalue weighted by molar-refractivity contribution is 6.00. The summed E-state index contributed by atoms with van der Waals surface area (Å²) in [5.41, 5.74) is 0.374. The maximum atomic E-state index is 10.3. The van der Waals surface area contributed by atoms with Gasteiger partial charge in [0.25, 0.3) is 0 Å². The summed E-state index contributed by atoms with van der Waals surface area (Å²) in [6, 6.07) is 3.46. The van der Waals surface area contributed by atoms with E-state index in [1.165, 1.54) is 0 Å². The lowest BCUT2D eigenvalue weighted by atomic mass is 10.0. The minimum Gasteiger partial charge on any atom is -0.286 e. The van der Waals surface area contributed by atoms with Crippen molar-refractivity contribution in [2.45, 2.75) is 19.4 Å². The standard InChI is InChI=1S/C11H12N4O2/c1-11(2)9(7-13-16)14-10(15(11)17)8-3-5-12-6-4-8/h3-7,17H,1-2H3/b9-7+. The van der Waals surface area contributed by atoms with Crippen molar-refractivity contribution in [2.24, 2.45) is 10.2 Å². The summed E-state index contributed by atoms with van der Waals surface area (Å²) in [6.45, 7) is 3.50. The van der Waals surface area contributed by atoms with Gasteiger partial charge in [-0.3, -0.25) is 10.2 Å². The van der Waals surface area contributed by atoms with Gasteiger partial charge in [0, 0.05) is 18.0 Å². The number of aliphatic imine (C=N–C) groups is 1. The van der Waals surface area contributed by atoms with Crippen LogP contribution < -0.4 is 0 Å². The highest BCUT2D eigenvalue weighted by Gasteiger charge is 2.39. The summed E-state index contributed by atoms with van der Waals surface area (Å²) in [4.78, 5) is 18.4. The highest BCUT2D eigenvalue weighted by atomic mass is 16.5. The molecular formula is C11H12N4O2. The third kappa shape index (κ3) is 1.83. The Morgan fingerprint density at radius 3 is 2.65 bits per heavy atom. The van der Waals surface area contributed by atoms with Crippen LogP contribution in [-0.4, -0.2) is 26.6 Å². The fraction of sp³-hybridized carbons (Fsp3) is 0.273. The number of nitrogens with zero attached hydrogens (tertiary/aromatic N) is 4. The van der Waals surface area contributed by atoms with Crippen molar-refractivity contribution in [2.75, 3.05) is 0 Å². The first-order chi connectivity index (χ1) is 8.07. The zero-order valence-electron chi connectivity index (χ0n) is 9.53. The molecule has 0 fully saturated rings. The molecule has 0 bridgehead atoms. The van der Waals surface area contributed by atoms with Gasteiger partial charge in [0.2, 0.25) is 0 Å². The van der Waals surface area contributed by atoms with Crippen LogP contribution in [0.1, 0.15) is 19.4 Å². The predicted octanol–water partition coefficient (Wildman–Crippen LogP) is 1.92. The van der Waals surface area contributed by atoms with Crippen LogP contribution in [0.2, 0.25) is 0 Å². The second-order valence-electron chi connectivity index (χ2n) is 4.16. The minimum absolute atomic E-state index is 0.382. The molecule has 6 heteroatoms. The molecule has 0 aliphatic carbocycles. The Bertz CT molecular complexity index is 493. The third-order valence-electron chi connectivity index (χ3n) is 2.70. The molecule has 0 saturated heterocycles. The van der Waals surface area contributed by atoms with Gasteiger partial charge in [0.1, 0.15) is 5.54 Å². The fourth-order valence-corrected chi connectivity index (χ4v) is 1.60. The van der Waals surface area contributed by atoms with E-state index in [0.29, 0.717) is 11.5 Å². The maximum Gasteiger partial charge on any atom is 0.161 e. The maximum absolute atomic E-state index is 10.3. The summed E-state index contributed by atoms with van der Waals surface area (Å²) in [5, 5.41) is 13.8. The van der Waals surface area contributed by atoms with Crippen LogP contribution in [0, 0.1) is 4.91 Å². The third-order valence-corrected chi connectivity index (χ3v) is 2.70. The van der Waals surface area contributed by atoms with Crippen LogP contribution >= 0.6 is 0 Å². The molecular weight excluding hydrogens is 220 g/mol. The Labute approximate surface area is 98.2 Å². The lowest BCUT2D eigenvalue weighted by molar-refractivity contribution is -0.0684. The molecule has 6 nitrogen and oxygen atoms in total. The zero-order valence-corrected chi connectivity index (χ0v) is 9.53. The molecule has 0 radical (unpaired) electrons. The number of hydroxylamine groups is 2. The molecule has 1 aliphatic rings. The predicted molar refractivity (Wildman–Crippen MR) is 62.4 cm³/mol. The van der Waals surface area contributed by atoms with Crippen molar-refractivity contribution in [3.63, 3.8) is 0 Å². The highest BCUT2D eigenvalue weighted by Crippen LogP contribution is 2.32. The summed E-state index contributed by atoms with van der Waals surface area (Å²) >= 11 is 0. The number of pyridine rings is 1. The molecule has 0 unspecified atom stereocenters. The summed E-state index contributed by atoms with van der Waals surface area (Å²) in [6.07, 6.45) is 4.33. The van der Waals surface area contributed by atoms with Gasteiger partial charge < -0.3 is 0 Å². The minimum atomic E-state index is -0.771. The molecule has 88 valence electrons. The fourth-order valence-electron chi connectivity index (χ4n) is 1.60. The molecule has 0 atom stereocenters. The van der Waals surface area contributed by atoms with Gasteiger partial charge in [-0.25, -0.2) is 10.1 Å². The van der Waals surface area contributed by atoms with Gasteiger partial charge in [-0.15, -0.1) is 4.91 Å². The van der Waals surface area contributed by atoms with E-state index >= 15 is 0 Å². The van der Waals surface area contributed by atoms with Crippen molar-refractivity contribution in [3.05, 3.63) is 46.9 Å².